The lowest BCUT2D eigenvalue weighted by atomic mass is 9.68. The quantitative estimate of drug-likeness (QED) is 0.119. The van der Waals surface area contributed by atoms with Crippen molar-refractivity contribution < 1.29 is 0 Å². The van der Waals surface area contributed by atoms with Gasteiger partial charge in [0.15, 0.2) is 0 Å². The second-order valence-electron chi connectivity index (χ2n) is 17.7. The second-order valence-corrected chi connectivity index (χ2v) is 17.7. The van der Waals surface area contributed by atoms with Crippen molar-refractivity contribution in [1.82, 2.24) is 0 Å². The van der Waals surface area contributed by atoms with E-state index in [-0.39, 0.29) is 0 Å². The highest BCUT2D eigenvalue weighted by Gasteiger charge is 2.31. The molecule has 3 saturated carbocycles. The van der Waals surface area contributed by atoms with Crippen LogP contribution in [0.3, 0.4) is 0 Å². The summed E-state index contributed by atoms with van der Waals surface area (Å²) >= 11 is 0. The van der Waals surface area contributed by atoms with Gasteiger partial charge in [0.05, 0.1) is 0 Å². The number of unbranched alkanes of at least 4 members (excludes halogenated alkanes) is 1. The molecule has 0 heteroatoms. The molecule has 1 aromatic rings. The first-order valence-electron chi connectivity index (χ1n) is 22.6. The van der Waals surface area contributed by atoms with E-state index in [9.17, 15) is 0 Å². The number of benzene rings is 1. The lowest BCUT2D eigenvalue weighted by Gasteiger charge is -2.38. The van der Waals surface area contributed by atoms with Crippen LogP contribution in [0.25, 0.3) is 5.57 Å². The van der Waals surface area contributed by atoms with Gasteiger partial charge in [0.25, 0.3) is 0 Å². The van der Waals surface area contributed by atoms with Crippen molar-refractivity contribution in [3.05, 3.63) is 77.9 Å². The van der Waals surface area contributed by atoms with Gasteiger partial charge in [0.1, 0.15) is 0 Å². The number of hydrogen-bond acceptors (Lipinski definition) is 0. The average Bonchev–Trinajstić information content (AvgIpc) is 3.70. The van der Waals surface area contributed by atoms with Gasteiger partial charge in [-0.1, -0.05) is 161 Å². The van der Waals surface area contributed by atoms with Gasteiger partial charge < -0.3 is 0 Å². The van der Waals surface area contributed by atoms with E-state index in [1.807, 2.05) is 19.9 Å². The fourth-order valence-electron chi connectivity index (χ4n) is 10.3. The molecular formula is C51H84. The molecule has 1 atom stereocenters. The Kier molecular flexibility index (Phi) is 20.9. The van der Waals surface area contributed by atoms with Gasteiger partial charge in [0, 0.05) is 0 Å². The Morgan fingerprint density at radius 1 is 0.824 bits per heavy atom. The third kappa shape index (κ3) is 14.9. The van der Waals surface area contributed by atoms with Crippen molar-refractivity contribution >= 4 is 5.57 Å². The fraction of sp³-hybridized carbons (Fsp3) is 0.725. The summed E-state index contributed by atoms with van der Waals surface area (Å²) in [5.74, 6) is 8.16. The highest BCUT2D eigenvalue weighted by molar-refractivity contribution is 5.73. The largest absolute Gasteiger partial charge is 0.103 e. The molecule has 5 rings (SSSR count). The summed E-state index contributed by atoms with van der Waals surface area (Å²) in [6.07, 6.45) is 39.4. The van der Waals surface area contributed by atoms with E-state index in [0.29, 0.717) is 0 Å². The van der Waals surface area contributed by atoms with Crippen molar-refractivity contribution in [3.8, 4) is 0 Å². The number of rotatable bonds is 16. The normalized spacial score (nSPS) is 26.7. The first-order chi connectivity index (χ1) is 24.8. The lowest BCUT2D eigenvalue weighted by molar-refractivity contribution is 0.135. The monoisotopic (exact) mass is 697 g/mol. The molecule has 1 unspecified atom stereocenters. The molecule has 0 aliphatic heterocycles. The zero-order valence-electron chi connectivity index (χ0n) is 35.1. The molecule has 0 spiro atoms. The molecule has 0 radical (unpaired) electrons. The predicted octanol–water partition coefficient (Wildman–Crippen LogP) is 16.4. The maximum atomic E-state index is 4.49. The molecule has 0 N–H and O–H groups in total. The molecule has 4 aliphatic rings. The van der Waals surface area contributed by atoms with E-state index >= 15 is 0 Å². The molecule has 0 nitrogen and oxygen atoms in total. The van der Waals surface area contributed by atoms with Crippen LogP contribution in [0.4, 0.5) is 0 Å². The molecule has 0 heterocycles. The van der Waals surface area contributed by atoms with Gasteiger partial charge >= 0.3 is 0 Å². The SMILES string of the molecule is C=CCc1ccc(CC(=C)CCCCC(CCC)C2CCC(CC)CC2)c(C2=CC=CC2)c1.CC.CC1CCC(C2CCC(C(C)C)CC2)CC1. The number of allylic oxidation sites excluding steroid dienone is 6. The third-order valence-electron chi connectivity index (χ3n) is 13.7. The Balaban J connectivity index is 0.000000325. The van der Waals surface area contributed by atoms with Crippen LogP contribution in [0.1, 0.15) is 194 Å². The predicted molar refractivity (Wildman–Crippen MR) is 230 cm³/mol. The summed E-state index contributed by atoms with van der Waals surface area (Å²) in [5, 5.41) is 0. The van der Waals surface area contributed by atoms with E-state index in [1.54, 1.807) is 12.8 Å². The molecule has 0 bridgehead atoms. The van der Waals surface area contributed by atoms with Crippen LogP contribution in [0.2, 0.25) is 0 Å². The Labute approximate surface area is 319 Å². The van der Waals surface area contributed by atoms with Crippen molar-refractivity contribution in [2.45, 2.75) is 190 Å². The van der Waals surface area contributed by atoms with Crippen LogP contribution in [-0.4, -0.2) is 0 Å². The highest BCUT2D eigenvalue weighted by Crippen LogP contribution is 2.43. The van der Waals surface area contributed by atoms with E-state index in [2.05, 4.69) is 84.2 Å². The molecular weight excluding hydrogens is 613 g/mol. The molecule has 0 aromatic heterocycles. The molecule has 3 fully saturated rings. The van der Waals surface area contributed by atoms with Crippen LogP contribution >= 0.6 is 0 Å². The first-order valence-corrected chi connectivity index (χ1v) is 22.6. The van der Waals surface area contributed by atoms with E-state index in [1.165, 1.54) is 137 Å². The molecule has 0 saturated heterocycles. The molecule has 0 amide bonds. The van der Waals surface area contributed by atoms with E-state index < -0.39 is 0 Å². The summed E-state index contributed by atoms with van der Waals surface area (Å²) < 4.78 is 0. The topological polar surface area (TPSA) is 0 Å². The van der Waals surface area contributed by atoms with E-state index in [0.717, 1.165) is 66.6 Å². The summed E-state index contributed by atoms with van der Waals surface area (Å²) in [4.78, 5) is 0. The van der Waals surface area contributed by atoms with Crippen molar-refractivity contribution in [1.29, 1.82) is 0 Å². The minimum absolute atomic E-state index is 0.923. The average molecular weight is 697 g/mol. The van der Waals surface area contributed by atoms with Crippen LogP contribution in [0.15, 0.2) is 61.2 Å². The summed E-state index contributed by atoms with van der Waals surface area (Å²) in [6.45, 7) is 24.4. The summed E-state index contributed by atoms with van der Waals surface area (Å²) in [5.41, 5.74) is 7.07. The minimum atomic E-state index is 0.923. The smallest absolute Gasteiger partial charge is 0.00638 e. The summed E-state index contributed by atoms with van der Waals surface area (Å²) in [7, 11) is 0. The standard InChI is InChI=1S/C33H48.C16H30.C2H6/c1-5-12-28-20-23-32(33(25-28)31-16-10-11-17-31)24-26(4)14-8-9-15-29(13-6-2)30-21-18-27(7-3)19-22-30;1-12(2)14-8-10-16(11-9-14)15-6-4-13(3)5-7-15;1-2/h5,10-11,16,20,23,25,27,29-30H,1,4,6-9,12-15,17-19,21-22,24H2,2-3H3;12-16H,4-11H2,1-3H3;1-2H3. The molecule has 4 aliphatic carbocycles. The van der Waals surface area contributed by atoms with Crippen LogP contribution in [0, 0.1) is 47.3 Å². The Bertz CT molecular complexity index is 1150. The van der Waals surface area contributed by atoms with Crippen molar-refractivity contribution in [3.63, 3.8) is 0 Å². The molecule has 51 heavy (non-hydrogen) atoms. The van der Waals surface area contributed by atoms with Crippen molar-refractivity contribution in [2.24, 2.45) is 47.3 Å². The Morgan fingerprint density at radius 2 is 1.47 bits per heavy atom. The maximum Gasteiger partial charge on any atom is -0.00638 e. The summed E-state index contributed by atoms with van der Waals surface area (Å²) in [6, 6.07) is 6.99. The van der Waals surface area contributed by atoms with Gasteiger partial charge in [-0.25, -0.2) is 0 Å². The lowest BCUT2D eigenvalue weighted by Crippen LogP contribution is -2.26. The van der Waals surface area contributed by atoms with Crippen LogP contribution in [-0.2, 0) is 12.8 Å². The van der Waals surface area contributed by atoms with Crippen molar-refractivity contribution in [2.75, 3.05) is 0 Å². The van der Waals surface area contributed by atoms with Gasteiger partial charge in [-0.3, -0.25) is 0 Å². The third-order valence-corrected chi connectivity index (χ3v) is 13.7. The van der Waals surface area contributed by atoms with Crippen LogP contribution < -0.4 is 0 Å². The van der Waals surface area contributed by atoms with E-state index in [4.69, 9.17) is 0 Å². The second kappa shape index (κ2) is 24.5. The van der Waals surface area contributed by atoms with Gasteiger partial charge in [-0.15, -0.1) is 6.58 Å². The number of hydrogen-bond donors (Lipinski definition) is 0. The molecule has 1 aromatic carbocycles. The highest BCUT2D eigenvalue weighted by atomic mass is 14.4. The first kappa shape index (κ1) is 43.6. The Hall–Kier alpha value is -1.82. The fourth-order valence-corrected chi connectivity index (χ4v) is 10.3. The minimum Gasteiger partial charge on any atom is -0.103 e. The Morgan fingerprint density at radius 3 is 2.04 bits per heavy atom. The van der Waals surface area contributed by atoms with Gasteiger partial charge in [-0.2, -0.15) is 0 Å². The zero-order chi connectivity index (χ0) is 37.0. The van der Waals surface area contributed by atoms with Gasteiger partial charge in [0.2, 0.25) is 0 Å². The van der Waals surface area contributed by atoms with Gasteiger partial charge in [-0.05, 0) is 153 Å². The maximum absolute atomic E-state index is 4.49. The van der Waals surface area contributed by atoms with Crippen LogP contribution in [0.5, 0.6) is 0 Å². The molecule has 288 valence electrons. The zero-order valence-corrected chi connectivity index (χ0v) is 35.1.